The van der Waals surface area contributed by atoms with Crippen molar-refractivity contribution < 1.29 is 9.47 Å². The van der Waals surface area contributed by atoms with Crippen LogP contribution < -0.4 is 10.1 Å². The number of anilines is 1. The van der Waals surface area contributed by atoms with Crippen molar-refractivity contribution in [3.63, 3.8) is 0 Å². The minimum Gasteiger partial charge on any atom is -0.472 e. The van der Waals surface area contributed by atoms with Gasteiger partial charge >= 0.3 is 0 Å². The number of pyridine rings is 1. The van der Waals surface area contributed by atoms with E-state index in [2.05, 4.69) is 27.4 Å². The van der Waals surface area contributed by atoms with Crippen LogP contribution in [0.2, 0.25) is 0 Å². The minimum atomic E-state index is 0.121. The van der Waals surface area contributed by atoms with E-state index in [1.807, 2.05) is 12.1 Å². The normalized spacial score (nSPS) is 17.6. The third-order valence-corrected chi connectivity index (χ3v) is 4.29. The average Bonchev–Trinajstić information content (AvgIpc) is 3.18. The van der Waals surface area contributed by atoms with Gasteiger partial charge in [0.2, 0.25) is 11.0 Å². The first-order valence-electron chi connectivity index (χ1n) is 7.59. The maximum atomic E-state index is 5.81. The van der Waals surface area contributed by atoms with Gasteiger partial charge in [0.05, 0.1) is 13.2 Å². The molecule has 0 radical (unpaired) electrons. The zero-order chi connectivity index (χ0) is 15.2. The van der Waals surface area contributed by atoms with Gasteiger partial charge in [-0.3, -0.25) is 0 Å². The van der Waals surface area contributed by atoms with Crippen molar-refractivity contribution >= 4 is 16.5 Å². The first kappa shape index (κ1) is 15.2. The third kappa shape index (κ3) is 4.14. The highest BCUT2D eigenvalue weighted by Gasteiger charge is 2.17. The van der Waals surface area contributed by atoms with Gasteiger partial charge < -0.3 is 14.8 Å². The maximum Gasteiger partial charge on any atom is 0.213 e. The molecule has 6 nitrogen and oxygen atoms in total. The van der Waals surface area contributed by atoms with Crippen molar-refractivity contribution in [3.8, 4) is 5.88 Å². The molecule has 7 heteroatoms. The fourth-order valence-electron chi connectivity index (χ4n) is 2.22. The second kappa shape index (κ2) is 7.51. The van der Waals surface area contributed by atoms with Gasteiger partial charge in [0.1, 0.15) is 11.1 Å². The van der Waals surface area contributed by atoms with Crippen LogP contribution in [-0.2, 0) is 17.7 Å². The monoisotopic (exact) mass is 320 g/mol. The molecule has 0 bridgehead atoms. The van der Waals surface area contributed by atoms with Gasteiger partial charge in [-0.15, -0.1) is 10.2 Å². The summed E-state index contributed by atoms with van der Waals surface area (Å²) < 4.78 is 11.1. The fraction of sp³-hybridized carbons (Fsp3) is 0.533. The molecule has 1 fully saturated rings. The highest BCUT2D eigenvalue weighted by molar-refractivity contribution is 7.15. The van der Waals surface area contributed by atoms with Crippen LogP contribution in [0.25, 0.3) is 0 Å². The van der Waals surface area contributed by atoms with Crippen LogP contribution in [0, 0.1) is 0 Å². The van der Waals surface area contributed by atoms with E-state index in [9.17, 15) is 0 Å². The summed E-state index contributed by atoms with van der Waals surface area (Å²) in [6.45, 7) is 4.24. The van der Waals surface area contributed by atoms with E-state index in [0.717, 1.165) is 41.6 Å². The Morgan fingerprint density at radius 1 is 1.45 bits per heavy atom. The van der Waals surface area contributed by atoms with Gasteiger partial charge in [-0.25, -0.2) is 4.98 Å². The number of hydrogen-bond donors (Lipinski definition) is 1. The Hall–Kier alpha value is -1.73. The van der Waals surface area contributed by atoms with Gasteiger partial charge in [0.25, 0.3) is 0 Å². The van der Waals surface area contributed by atoms with Crippen molar-refractivity contribution in [1.29, 1.82) is 0 Å². The first-order chi connectivity index (χ1) is 10.8. The number of aryl methyl sites for hydroxylation is 1. The second-order valence-electron chi connectivity index (χ2n) is 5.21. The molecule has 0 aliphatic carbocycles. The molecule has 1 saturated heterocycles. The van der Waals surface area contributed by atoms with E-state index in [4.69, 9.17) is 9.47 Å². The quantitative estimate of drug-likeness (QED) is 0.846. The molecular weight excluding hydrogens is 300 g/mol. The number of nitrogens with zero attached hydrogens (tertiary/aromatic N) is 3. The second-order valence-corrected chi connectivity index (χ2v) is 6.27. The largest absolute Gasteiger partial charge is 0.472 e. The molecule has 22 heavy (non-hydrogen) atoms. The van der Waals surface area contributed by atoms with Crippen molar-refractivity contribution in [2.75, 3.05) is 18.5 Å². The molecule has 1 aliphatic rings. The van der Waals surface area contributed by atoms with Crippen LogP contribution in [0.15, 0.2) is 18.3 Å². The minimum absolute atomic E-state index is 0.121. The number of rotatable bonds is 7. The Morgan fingerprint density at radius 3 is 3.23 bits per heavy atom. The van der Waals surface area contributed by atoms with E-state index in [-0.39, 0.29) is 6.10 Å². The lowest BCUT2D eigenvalue weighted by molar-refractivity contribution is 0.138. The molecule has 0 aromatic carbocycles. The van der Waals surface area contributed by atoms with Crippen LogP contribution >= 0.6 is 11.3 Å². The summed E-state index contributed by atoms with van der Waals surface area (Å²) in [5.41, 5.74) is 1.11. The summed E-state index contributed by atoms with van der Waals surface area (Å²) in [6.07, 6.45) is 4.89. The van der Waals surface area contributed by atoms with Gasteiger partial charge in [0.15, 0.2) is 0 Å². The predicted molar refractivity (Wildman–Crippen MR) is 85.3 cm³/mol. The molecule has 0 saturated carbocycles. The molecular formula is C15H20N4O2S. The summed E-state index contributed by atoms with van der Waals surface area (Å²) >= 11 is 1.61. The molecule has 1 unspecified atom stereocenters. The zero-order valence-corrected chi connectivity index (χ0v) is 13.4. The Morgan fingerprint density at radius 2 is 2.41 bits per heavy atom. The van der Waals surface area contributed by atoms with E-state index in [1.54, 1.807) is 17.5 Å². The number of nitrogens with one attached hydrogen (secondary N) is 1. The highest BCUT2D eigenvalue weighted by Crippen LogP contribution is 2.19. The first-order valence-corrected chi connectivity index (χ1v) is 8.40. The maximum absolute atomic E-state index is 5.81. The van der Waals surface area contributed by atoms with E-state index >= 15 is 0 Å². The average molecular weight is 320 g/mol. The van der Waals surface area contributed by atoms with Crippen LogP contribution in [0.1, 0.15) is 30.3 Å². The highest BCUT2D eigenvalue weighted by atomic mass is 32.1. The summed E-state index contributed by atoms with van der Waals surface area (Å²) in [5.74, 6) is 0.652. The molecule has 0 amide bonds. The van der Waals surface area contributed by atoms with Crippen molar-refractivity contribution in [3.05, 3.63) is 28.9 Å². The summed E-state index contributed by atoms with van der Waals surface area (Å²) in [5, 5.41) is 13.5. The molecule has 1 N–H and O–H groups in total. The third-order valence-electron chi connectivity index (χ3n) is 3.35. The molecule has 3 heterocycles. The standard InChI is InChI=1S/C15H20N4O2S/c1-2-3-14-18-19-15(22-14)17-9-11-4-6-16-13(8-11)21-12-5-7-20-10-12/h4,6,8,12H,2-3,5,7,9-10H2,1H3,(H,17,19). The molecule has 2 aromatic heterocycles. The Kier molecular flexibility index (Phi) is 5.18. The fourth-order valence-corrected chi connectivity index (χ4v) is 3.06. The van der Waals surface area contributed by atoms with Crippen molar-refractivity contribution in [2.45, 2.75) is 38.8 Å². The van der Waals surface area contributed by atoms with Gasteiger partial charge in [-0.2, -0.15) is 0 Å². The van der Waals surface area contributed by atoms with Gasteiger partial charge in [0, 0.05) is 31.6 Å². The number of hydrogen-bond acceptors (Lipinski definition) is 7. The summed E-state index contributed by atoms with van der Waals surface area (Å²) in [7, 11) is 0. The van der Waals surface area contributed by atoms with Crippen molar-refractivity contribution in [1.82, 2.24) is 15.2 Å². The van der Waals surface area contributed by atoms with E-state index < -0.39 is 0 Å². The van der Waals surface area contributed by atoms with Crippen LogP contribution in [0.3, 0.4) is 0 Å². The van der Waals surface area contributed by atoms with E-state index in [0.29, 0.717) is 19.0 Å². The number of aromatic nitrogens is 3. The predicted octanol–water partition coefficient (Wildman–Crippen LogP) is 2.67. The SMILES string of the molecule is CCCc1nnc(NCc2ccnc(OC3CCOC3)c2)s1. The molecule has 2 aromatic rings. The topological polar surface area (TPSA) is 69.2 Å². The summed E-state index contributed by atoms with van der Waals surface area (Å²) in [6, 6.07) is 3.93. The Balaban J connectivity index is 1.55. The lowest BCUT2D eigenvalue weighted by atomic mass is 10.2. The van der Waals surface area contributed by atoms with Gasteiger partial charge in [-0.05, 0) is 18.1 Å². The Bertz CT molecular complexity index is 599. The molecule has 0 spiro atoms. The summed E-state index contributed by atoms with van der Waals surface area (Å²) in [4.78, 5) is 4.26. The number of ether oxygens (including phenoxy) is 2. The molecule has 1 aliphatic heterocycles. The van der Waals surface area contributed by atoms with E-state index in [1.165, 1.54) is 0 Å². The van der Waals surface area contributed by atoms with Crippen LogP contribution in [0.5, 0.6) is 5.88 Å². The van der Waals surface area contributed by atoms with Crippen LogP contribution in [0.4, 0.5) is 5.13 Å². The smallest absolute Gasteiger partial charge is 0.213 e. The lowest BCUT2D eigenvalue weighted by Crippen LogP contribution is -2.16. The van der Waals surface area contributed by atoms with Crippen LogP contribution in [-0.4, -0.2) is 34.5 Å². The Labute approximate surface area is 133 Å². The van der Waals surface area contributed by atoms with Gasteiger partial charge in [-0.1, -0.05) is 18.3 Å². The molecule has 3 rings (SSSR count). The molecule has 118 valence electrons. The van der Waals surface area contributed by atoms with Crippen molar-refractivity contribution in [2.24, 2.45) is 0 Å². The molecule has 1 atom stereocenters. The lowest BCUT2D eigenvalue weighted by Gasteiger charge is -2.11. The zero-order valence-electron chi connectivity index (χ0n) is 12.6.